The summed E-state index contributed by atoms with van der Waals surface area (Å²) in [5.74, 6) is 1.68. The van der Waals surface area contributed by atoms with Gasteiger partial charge in [-0.3, -0.25) is 15.2 Å². The van der Waals surface area contributed by atoms with Crippen molar-refractivity contribution in [2.24, 2.45) is 0 Å². The SMILES string of the molecule is Cc1nc(-c2cccc(C(=O)Nc3ncc(C4CCNCC4)s3)c2)n[nH]1. The van der Waals surface area contributed by atoms with Gasteiger partial charge in [0.2, 0.25) is 0 Å². The summed E-state index contributed by atoms with van der Waals surface area (Å²) in [6.07, 6.45) is 4.13. The van der Waals surface area contributed by atoms with Crippen molar-refractivity contribution in [1.29, 1.82) is 0 Å². The van der Waals surface area contributed by atoms with Crippen molar-refractivity contribution in [3.63, 3.8) is 0 Å². The Labute approximate surface area is 155 Å². The van der Waals surface area contributed by atoms with Crippen LogP contribution in [0.2, 0.25) is 0 Å². The van der Waals surface area contributed by atoms with Gasteiger partial charge in [0.1, 0.15) is 5.82 Å². The summed E-state index contributed by atoms with van der Waals surface area (Å²) in [7, 11) is 0. The molecule has 1 saturated heterocycles. The van der Waals surface area contributed by atoms with Crippen LogP contribution < -0.4 is 10.6 Å². The number of aryl methyl sites for hydroxylation is 1. The molecule has 3 aromatic rings. The Morgan fingerprint density at radius 1 is 1.31 bits per heavy atom. The lowest BCUT2D eigenvalue weighted by Gasteiger charge is -2.20. The lowest BCUT2D eigenvalue weighted by Crippen LogP contribution is -2.26. The Morgan fingerprint density at radius 2 is 2.15 bits per heavy atom. The number of rotatable bonds is 4. The summed E-state index contributed by atoms with van der Waals surface area (Å²) in [6, 6.07) is 7.29. The minimum atomic E-state index is -0.176. The van der Waals surface area contributed by atoms with E-state index in [-0.39, 0.29) is 5.91 Å². The van der Waals surface area contributed by atoms with E-state index in [0.29, 0.717) is 22.4 Å². The van der Waals surface area contributed by atoms with Crippen LogP contribution in [0.3, 0.4) is 0 Å². The van der Waals surface area contributed by atoms with Crippen LogP contribution >= 0.6 is 11.3 Å². The molecule has 134 valence electrons. The summed E-state index contributed by atoms with van der Waals surface area (Å²) < 4.78 is 0. The zero-order valence-corrected chi connectivity index (χ0v) is 15.3. The largest absolute Gasteiger partial charge is 0.317 e. The number of thiazole rings is 1. The molecule has 1 aliphatic rings. The molecule has 0 radical (unpaired) electrons. The van der Waals surface area contributed by atoms with Gasteiger partial charge < -0.3 is 5.32 Å². The van der Waals surface area contributed by atoms with Crippen molar-refractivity contribution in [3.8, 4) is 11.4 Å². The molecule has 1 aromatic carbocycles. The normalized spacial score (nSPS) is 15.1. The zero-order chi connectivity index (χ0) is 17.9. The quantitative estimate of drug-likeness (QED) is 0.658. The van der Waals surface area contributed by atoms with Gasteiger partial charge in [-0.1, -0.05) is 12.1 Å². The van der Waals surface area contributed by atoms with Crippen molar-refractivity contribution in [2.45, 2.75) is 25.7 Å². The number of carbonyl (C=O) groups is 1. The maximum Gasteiger partial charge on any atom is 0.257 e. The monoisotopic (exact) mass is 368 g/mol. The topological polar surface area (TPSA) is 95.6 Å². The number of carbonyl (C=O) groups excluding carboxylic acids is 1. The van der Waals surface area contributed by atoms with Gasteiger partial charge in [0.25, 0.3) is 5.91 Å². The third kappa shape index (κ3) is 3.66. The minimum Gasteiger partial charge on any atom is -0.317 e. The maximum atomic E-state index is 12.6. The van der Waals surface area contributed by atoms with Crippen LogP contribution in [-0.4, -0.2) is 39.2 Å². The Hall–Kier alpha value is -2.58. The third-order valence-corrected chi connectivity index (χ3v) is 5.54. The number of aromatic nitrogens is 4. The number of aromatic amines is 1. The Morgan fingerprint density at radius 3 is 2.92 bits per heavy atom. The summed E-state index contributed by atoms with van der Waals surface area (Å²) in [5, 5.41) is 13.9. The predicted molar refractivity (Wildman–Crippen MR) is 101 cm³/mol. The van der Waals surface area contributed by atoms with Crippen LogP contribution in [0.5, 0.6) is 0 Å². The average molecular weight is 368 g/mol. The summed E-state index contributed by atoms with van der Waals surface area (Å²) in [5.41, 5.74) is 1.36. The lowest BCUT2D eigenvalue weighted by atomic mass is 9.97. The van der Waals surface area contributed by atoms with Gasteiger partial charge in [-0.25, -0.2) is 9.97 Å². The van der Waals surface area contributed by atoms with Crippen molar-refractivity contribution >= 4 is 22.4 Å². The molecule has 0 spiro atoms. The van der Waals surface area contributed by atoms with E-state index < -0.39 is 0 Å². The van der Waals surface area contributed by atoms with E-state index in [0.717, 1.165) is 37.3 Å². The highest BCUT2D eigenvalue weighted by Gasteiger charge is 2.18. The standard InChI is InChI=1S/C18H20N6OS/c1-11-21-16(24-23-11)13-3-2-4-14(9-13)17(25)22-18-20-10-15(26-18)12-5-7-19-8-6-12/h2-4,9-10,12,19H,5-8H2,1H3,(H,20,22,25)(H,21,23,24). The van der Waals surface area contributed by atoms with E-state index >= 15 is 0 Å². The fraction of sp³-hybridized carbons (Fsp3) is 0.333. The first-order valence-electron chi connectivity index (χ1n) is 8.66. The van der Waals surface area contributed by atoms with Crippen LogP contribution in [-0.2, 0) is 0 Å². The number of piperidine rings is 1. The number of amides is 1. The molecule has 3 heterocycles. The number of nitrogens with zero attached hydrogens (tertiary/aromatic N) is 3. The first-order chi connectivity index (χ1) is 12.7. The highest BCUT2D eigenvalue weighted by Crippen LogP contribution is 2.31. The molecule has 0 aliphatic carbocycles. The van der Waals surface area contributed by atoms with Gasteiger partial charge >= 0.3 is 0 Å². The first kappa shape index (κ1) is 16.9. The fourth-order valence-corrected chi connectivity index (χ4v) is 4.06. The van der Waals surface area contributed by atoms with E-state index in [1.165, 1.54) is 4.88 Å². The van der Waals surface area contributed by atoms with Gasteiger partial charge in [0.15, 0.2) is 11.0 Å². The molecule has 26 heavy (non-hydrogen) atoms. The van der Waals surface area contributed by atoms with Crippen molar-refractivity contribution in [2.75, 3.05) is 18.4 Å². The Bertz CT molecular complexity index is 912. The van der Waals surface area contributed by atoms with Crippen LogP contribution in [0.4, 0.5) is 5.13 Å². The third-order valence-electron chi connectivity index (χ3n) is 4.47. The zero-order valence-electron chi connectivity index (χ0n) is 14.5. The fourth-order valence-electron chi connectivity index (χ4n) is 3.08. The van der Waals surface area contributed by atoms with E-state index in [9.17, 15) is 4.79 Å². The number of H-pyrrole nitrogens is 1. The second-order valence-electron chi connectivity index (χ2n) is 6.37. The molecule has 8 heteroatoms. The molecule has 1 aliphatic heterocycles. The first-order valence-corrected chi connectivity index (χ1v) is 9.48. The van der Waals surface area contributed by atoms with Gasteiger partial charge in [-0.2, -0.15) is 5.10 Å². The molecule has 0 atom stereocenters. The lowest BCUT2D eigenvalue weighted by molar-refractivity contribution is 0.102. The molecule has 0 bridgehead atoms. The second kappa shape index (κ2) is 7.35. The van der Waals surface area contributed by atoms with Crippen LogP contribution in [0.1, 0.15) is 39.8 Å². The van der Waals surface area contributed by atoms with Gasteiger partial charge in [0.05, 0.1) is 0 Å². The molecule has 0 unspecified atom stereocenters. The van der Waals surface area contributed by atoms with E-state index in [1.54, 1.807) is 23.5 Å². The number of benzene rings is 1. The van der Waals surface area contributed by atoms with Gasteiger partial charge in [-0.05, 0) is 50.9 Å². The van der Waals surface area contributed by atoms with Crippen LogP contribution in [0.15, 0.2) is 30.5 Å². The van der Waals surface area contributed by atoms with Gasteiger partial charge in [0, 0.05) is 22.2 Å². The highest BCUT2D eigenvalue weighted by atomic mass is 32.1. The molecule has 2 aromatic heterocycles. The summed E-state index contributed by atoms with van der Waals surface area (Å²) >= 11 is 1.57. The summed E-state index contributed by atoms with van der Waals surface area (Å²) in [4.78, 5) is 22.5. The number of nitrogens with one attached hydrogen (secondary N) is 3. The molecule has 0 saturated carbocycles. The van der Waals surface area contributed by atoms with E-state index in [4.69, 9.17) is 0 Å². The minimum absolute atomic E-state index is 0.176. The van der Waals surface area contributed by atoms with E-state index in [1.807, 2.05) is 25.3 Å². The van der Waals surface area contributed by atoms with E-state index in [2.05, 4.69) is 30.8 Å². The van der Waals surface area contributed by atoms with Crippen molar-refractivity contribution in [3.05, 3.63) is 46.7 Å². The molecule has 1 amide bonds. The molecule has 1 fully saturated rings. The van der Waals surface area contributed by atoms with Gasteiger partial charge in [-0.15, -0.1) is 11.3 Å². The smallest absolute Gasteiger partial charge is 0.257 e. The second-order valence-corrected chi connectivity index (χ2v) is 7.43. The number of hydrogen-bond donors (Lipinski definition) is 3. The molecular formula is C18H20N6OS. The average Bonchev–Trinajstić information content (AvgIpc) is 3.32. The molecule has 7 nitrogen and oxygen atoms in total. The maximum absolute atomic E-state index is 12.6. The molecule has 4 rings (SSSR count). The Kier molecular flexibility index (Phi) is 4.77. The highest BCUT2D eigenvalue weighted by molar-refractivity contribution is 7.15. The molecular weight excluding hydrogens is 348 g/mol. The summed E-state index contributed by atoms with van der Waals surface area (Å²) in [6.45, 7) is 3.92. The Balaban J connectivity index is 1.47. The van der Waals surface area contributed by atoms with Crippen LogP contribution in [0.25, 0.3) is 11.4 Å². The van der Waals surface area contributed by atoms with Crippen molar-refractivity contribution in [1.82, 2.24) is 25.5 Å². The van der Waals surface area contributed by atoms with Crippen LogP contribution in [0, 0.1) is 6.92 Å². The van der Waals surface area contributed by atoms with Crippen molar-refractivity contribution < 1.29 is 4.79 Å². The number of anilines is 1. The molecule has 3 N–H and O–H groups in total. The predicted octanol–water partition coefficient (Wildman–Crippen LogP) is 2.96. The number of hydrogen-bond acceptors (Lipinski definition) is 6.